The van der Waals surface area contributed by atoms with Crippen LogP contribution in [0.4, 0.5) is 14.6 Å². The molecule has 9 nitrogen and oxygen atoms in total. The average molecular weight is 413 g/mol. The molecular weight excluding hydrogens is 396 g/mol. The summed E-state index contributed by atoms with van der Waals surface area (Å²) in [5.41, 5.74) is -0.711. The van der Waals surface area contributed by atoms with Gasteiger partial charge in [0.1, 0.15) is 22.6 Å². The summed E-state index contributed by atoms with van der Waals surface area (Å²) in [5, 5.41) is 28.5. The molecule has 1 aliphatic rings. The van der Waals surface area contributed by atoms with Crippen molar-refractivity contribution in [2.24, 2.45) is 5.92 Å². The fraction of sp³-hybridized carbons (Fsp3) is 0.368. The van der Waals surface area contributed by atoms with Crippen molar-refractivity contribution in [1.29, 1.82) is 5.26 Å². The lowest BCUT2D eigenvalue weighted by Gasteiger charge is -2.20. The quantitative estimate of drug-likeness (QED) is 0.560. The van der Waals surface area contributed by atoms with E-state index in [9.17, 15) is 19.6 Å². The lowest BCUT2D eigenvalue weighted by molar-refractivity contribution is -0.141. The predicted molar refractivity (Wildman–Crippen MR) is 101 cm³/mol. The van der Waals surface area contributed by atoms with E-state index in [1.165, 1.54) is 13.0 Å². The van der Waals surface area contributed by atoms with Gasteiger partial charge in [0, 0.05) is 6.04 Å². The topological polar surface area (TPSA) is 140 Å². The van der Waals surface area contributed by atoms with Gasteiger partial charge >= 0.3 is 5.97 Å². The number of nitrogens with one attached hydrogen (secondary N) is 2. The number of carbonyl (C=O) groups is 1. The maximum Gasteiger partial charge on any atom is 0.308 e. The molecule has 3 aromatic rings. The highest BCUT2D eigenvalue weighted by Crippen LogP contribution is 2.48. The minimum atomic E-state index is -1.07. The number of aromatic amines is 1. The third-order valence-electron chi connectivity index (χ3n) is 5.37. The van der Waals surface area contributed by atoms with Crippen LogP contribution in [-0.2, 0) is 10.2 Å². The molecule has 0 amide bonds. The zero-order chi connectivity index (χ0) is 21.6. The molecule has 0 unspecified atom stereocenters. The first-order chi connectivity index (χ1) is 14.3. The maximum absolute atomic E-state index is 15.2. The molecule has 1 saturated carbocycles. The minimum absolute atomic E-state index is 0.000466. The van der Waals surface area contributed by atoms with Gasteiger partial charge in [-0.1, -0.05) is 0 Å². The van der Waals surface area contributed by atoms with E-state index < -0.39 is 35.0 Å². The highest BCUT2D eigenvalue weighted by Gasteiger charge is 2.49. The Labute approximate surface area is 169 Å². The van der Waals surface area contributed by atoms with E-state index in [-0.39, 0.29) is 28.7 Å². The van der Waals surface area contributed by atoms with Gasteiger partial charge in [-0.3, -0.25) is 9.89 Å². The minimum Gasteiger partial charge on any atom is -0.481 e. The van der Waals surface area contributed by atoms with Gasteiger partial charge in [-0.15, -0.1) is 0 Å². The number of pyridine rings is 1. The molecule has 4 rings (SSSR count). The molecule has 1 aliphatic carbocycles. The van der Waals surface area contributed by atoms with Crippen LogP contribution in [0.1, 0.15) is 32.4 Å². The number of H-pyrrole nitrogens is 1. The van der Waals surface area contributed by atoms with E-state index in [0.29, 0.717) is 18.2 Å². The van der Waals surface area contributed by atoms with Gasteiger partial charge in [-0.2, -0.15) is 10.4 Å². The summed E-state index contributed by atoms with van der Waals surface area (Å²) < 4.78 is 28.9. The number of nitriles is 1. The maximum atomic E-state index is 15.2. The molecule has 1 fully saturated rings. The Morgan fingerprint density at radius 1 is 1.37 bits per heavy atom. The fourth-order valence-electron chi connectivity index (χ4n) is 3.10. The van der Waals surface area contributed by atoms with Crippen LogP contribution < -0.4 is 5.32 Å². The number of fused-ring (bicyclic) bond motifs is 1. The van der Waals surface area contributed by atoms with E-state index in [2.05, 4.69) is 36.5 Å². The van der Waals surface area contributed by atoms with Crippen molar-refractivity contribution in [3.05, 3.63) is 29.6 Å². The standard InChI is InChI=1S/C19H17F2N7O2/c1-8(18(29)30)9(2)24-16-12(21)14(19(7-22)3-4-19)25-17(26-16)13-11-5-10(20)6-23-15(11)28-27-13/h5-6,8-9H,3-4H2,1-2H3,(H,29,30)(H,23,27,28)(H,24,25,26)/t8-,9-/m0/s1. The highest BCUT2D eigenvalue weighted by molar-refractivity contribution is 5.88. The summed E-state index contributed by atoms with van der Waals surface area (Å²) in [5.74, 6) is -3.52. The van der Waals surface area contributed by atoms with Crippen molar-refractivity contribution in [3.63, 3.8) is 0 Å². The molecule has 3 heterocycles. The molecular formula is C19H17F2N7O2. The molecule has 0 spiro atoms. The van der Waals surface area contributed by atoms with Crippen molar-refractivity contribution >= 4 is 22.8 Å². The largest absolute Gasteiger partial charge is 0.481 e. The number of carboxylic acid groups (broad SMARTS) is 1. The Bertz CT molecular complexity index is 1200. The number of hydrogen-bond donors (Lipinski definition) is 3. The first kappa shape index (κ1) is 19.6. The van der Waals surface area contributed by atoms with E-state index in [1.54, 1.807) is 6.92 Å². The molecule has 3 N–H and O–H groups in total. The molecule has 0 aromatic carbocycles. The molecule has 0 radical (unpaired) electrons. The van der Waals surface area contributed by atoms with Gasteiger partial charge in [0.2, 0.25) is 0 Å². The third-order valence-corrected chi connectivity index (χ3v) is 5.37. The van der Waals surface area contributed by atoms with E-state index in [0.717, 1.165) is 6.20 Å². The number of anilines is 1. The van der Waals surface area contributed by atoms with Gasteiger partial charge in [0.15, 0.2) is 23.1 Å². The van der Waals surface area contributed by atoms with Gasteiger partial charge < -0.3 is 10.4 Å². The Hall–Kier alpha value is -3.68. The second-order valence-electron chi connectivity index (χ2n) is 7.44. The number of aliphatic carboxylic acids is 1. The third kappa shape index (κ3) is 3.20. The first-order valence-corrected chi connectivity index (χ1v) is 9.24. The highest BCUT2D eigenvalue weighted by atomic mass is 19.1. The van der Waals surface area contributed by atoms with Gasteiger partial charge in [0.25, 0.3) is 0 Å². The van der Waals surface area contributed by atoms with Crippen molar-refractivity contribution in [2.45, 2.75) is 38.1 Å². The summed E-state index contributed by atoms with van der Waals surface area (Å²) in [6.07, 6.45) is 1.90. The van der Waals surface area contributed by atoms with E-state index >= 15 is 4.39 Å². The van der Waals surface area contributed by atoms with E-state index in [4.69, 9.17) is 0 Å². The molecule has 2 atom stereocenters. The Kier molecular flexibility index (Phi) is 4.57. The zero-order valence-corrected chi connectivity index (χ0v) is 16.1. The van der Waals surface area contributed by atoms with Crippen LogP contribution in [0.3, 0.4) is 0 Å². The number of nitrogens with zero attached hydrogens (tertiary/aromatic N) is 5. The molecule has 154 valence electrons. The monoisotopic (exact) mass is 413 g/mol. The summed E-state index contributed by atoms with van der Waals surface area (Å²) in [7, 11) is 0. The SMILES string of the molecule is C[C@H](Nc1nc(-c2[nH]nc3ncc(F)cc23)nc(C2(C#N)CC2)c1F)[C@H](C)C(=O)O. The molecule has 0 bridgehead atoms. The van der Waals surface area contributed by atoms with Crippen LogP contribution in [0.2, 0.25) is 0 Å². The second kappa shape index (κ2) is 6.98. The van der Waals surface area contributed by atoms with Gasteiger partial charge in [0.05, 0.1) is 23.6 Å². The lowest BCUT2D eigenvalue weighted by atomic mass is 10.0. The van der Waals surface area contributed by atoms with Crippen LogP contribution in [-0.4, -0.2) is 42.3 Å². The summed E-state index contributed by atoms with van der Waals surface area (Å²) >= 11 is 0. The molecule has 3 aromatic heterocycles. The van der Waals surface area contributed by atoms with Crippen molar-refractivity contribution in [3.8, 4) is 17.6 Å². The Balaban J connectivity index is 1.87. The average Bonchev–Trinajstić information content (AvgIpc) is 3.41. The van der Waals surface area contributed by atoms with Crippen LogP contribution in [0.25, 0.3) is 22.6 Å². The van der Waals surface area contributed by atoms with Crippen molar-refractivity contribution < 1.29 is 18.7 Å². The second-order valence-corrected chi connectivity index (χ2v) is 7.44. The lowest BCUT2D eigenvalue weighted by Crippen LogP contribution is -2.31. The number of rotatable bonds is 6. The number of aromatic nitrogens is 5. The Morgan fingerprint density at radius 2 is 2.10 bits per heavy atom. The molecule has 0 aliphatic heterocycles. The smallest absolute Gasteiger partial charge is 0.308 e. The van der Waals surface area contributed by atoms with Crippen LogP contribution >= 0.6 is 0 Å². The number of carboxylic acids is 1. The summed E-state index contributed by atoms with van der Waals surface area (Å²) in [4.78, 5) is 23.6. The van der Waals surface area contributed by atoms with Gasteiger partial charge in [-0.05, 0) is 32.8 Å². The Morgan fingerprint density at radius 3 is 2.73 bits per heavy atom. The van der Waals surface area contributed by atoms with Crippen LogP contribution in [0, 0.1) is 28.9 Å². The first-order valence-electron chi connectivity index (χ1n) is 9.24. The van der Waals surface area contributed by atoms with Crippen molar-refractivity contribution in [1.82, 2.24) is 25.1 Å². The van der Waals surface area contributed by atoms with Crippen molar-refractivity contribution in [2.75, 3.05) is 5.32 Å². The van der Waals surface area contributed by atoms with Gasteiger partial charge in [-0.25, -0.2) is 23.7 Å². The number of hydrogen-bond acceptors (Lipinski definition) is 7. The number of halogens is 2. The molecule has 0 saturated heterocycles. The fourth-order valence-corrected chi connectivity index (χ4v) is 3.10. The van der Waals surface area contributed by atoms with Crippen LogP contribution in [0.15, 0.2) is 12.3 Å². The molecule has 30 heavy (non-hydrogen) atoms. The predicted octanol–water partition coefficient (Wildman–Crippen LogP) is 2.77. The summed E-state index contributed by atoms with van der Waals surface area (Å²) in [6, 6.07) is 2.64. The summed E-state index contributed by atoms with van der Waals surface area (Å²) in [6.45, 7) is 3.07. The normalized spacial score (nSPS) is 16.6. The van der Waals surface area contributed by atoms with E-state index in [1.807, 2.05) is 0 Å². The molecule has 11 heteroatoms. The van der Waals surface area contributed by atoms with Crippen LogP contribution in [0.5, 0.6) is 0 Å². The zero-order valence-electron chi connectivity index (χ0n) is 16.1.